The molecule has 0 unspecified atom stereocenters. The maximum Gasteiger partial charge on any atom is 0.266 e. The van der Waals surface area contributed by atoms with Crippen LogP contribution in [0.3, 0.4) is 0 Å². The summed E-state index contributed by atoms with van der Waals surface area (Å²) in [6.07, 6.45) is 0. The van der Waals surface area contributed by atoms with Gasteiger partial charge in [0.15, 0.2) is 5.78 Å². The zero-order valence-electron chi connectivity index (χ0n) is 24.6. The summed E-state index contributed by atoms with van der Waals surface area (Å²) < 4.78 is 21.2. The SMILES string of the molecule is COc1cc(N2C(=O)c3ccc(C(=O)c4ccc5c(c4)C(=O)N(c4cc(OC)c(Cl)cc4OC)C5=O)cc3C2=O)c(OC)cc1Cl. The summed E-state index contributed by atoms with van der Waals surface area (Å²) in [5, 5.41) is 0.439. The Morgan fingerprint density at radius 2 is 0.848 bits per heavy atom. The van der Waals surface area contributed by atoms with Crippen LogP contribution in [0.2, 0.25) is 10.0 Å². The number of carbonyl (C=O) groups is 5. The van der Waals surface area contributed by atoms with Gasteiger partial charge in [0.05, 0.1) is 72.1 Å². The Labute approximate surface area is 271 Å². The number of carbonyl (C=O) groups excluding carboxylic acids is 5. The van der Waals surface area contributed by atoms with Crippen LogP contribution in [0.1, 0.15) is 57.4 Å². The Balaban J connectivity index is 1.33. The van der Waals surface area contributed by atoms with Crippen molar-refractivity contribution in [3.8, 4) is 23.0 Å². The van der Waals surface area contributed by atoms with Crippen LogP contribution in [0, 0.1) is 0 Å². The molecule has 46 heavy (non-hydrogen) atoms. The fourth-order valence-electron chi connectivity index (χ4n) is 5.41. The summed E-state index contributed by atoms with van der Waals surface area (Å²) in [4.78, 5) is 69.3. The molecule has 2 heterocycles. The monoisotopic (exact) mass is 660 g/mol. The molecule has 2 aliphatic rings. The standard InChI is InChI=1S/C33H22Cl2N2O9/c1-43-25-13-23(27(45-3)11-21(25)34)36-30(39)17-7-5-15(9-19(17)32(36)41)29(38)16-6-8-18-20(10-16)33(42)37(31(18)40)24-14-26(44-2)22(35)12-28(24)46-4/h5-14H,1-4H3. The molecule has 13 heteroatoms. The minimum absolute atomic E-state index is 0.00538. The van der Waals surface area contributed by atoms with Crippen molar-refractivity contribution in [1.29, 1.82) is 0 Å². The summed E-state index contributed by atoms with van der Waals surface area (Å²) in [6, 6.07) is 13.9. The molecule has 0 saturated carbocycles. The van der Waals surface area contributed by atoms with Gasteiger partial charge in [-0.15, -0.1) is 0 Å². The van der Waals surface area contributed by atoms with E-state index in [1.165, 1.54) is 89.1 Å². The predicted molar refractivity (Wildman–Crippen MR) is 168 cm³/mol. The van der Waals surface area contributed by atoms with Gasteiger partial charge in [-0.05, 0) is 24.3 Å². The van der Waals surface area contributed by atoms with Crippen LogP contribution in [0.4, 0.5) is 11.4 Å². The van der Waals surface area contributed by atoms with Crippen LogP contribution in [0.15, 0.2) is 60.7 Å². The fourth-order valence-corrected chi connectivity index (χ4v) is 5.87. The molecular weight excluding hydrogens is 639 g/mol. The molecule has 6 rings (SSSR count). The van der Waals surface area contributed by atoms with E-state index in [2.05, 4.69) is 0 Å². The van der Waals surface area contributed by atoms with E-state index in [1.807, 2.05) is 0 Å². The highest BCUT2D eigenvalue weighted by atomic mass is 35.5. The summed E-state index contributed by atoms with van der Waals surface area (Å²) in [5.41, 5.74) is 0.544. The van der Waals surface area contributed by atoms with Gasteiger partial charge in [-0.25, -0.2) is 9.80 Å². The molecule has 4 aromatic carbocycles. The highest BCUT2D eigenvalue weighted by Gasteiger charge is 2.41. The van der Waals surface area contributed by atoms with Crippen molar-refractivity contribution in [3.63, 3.8) is 0 Å². The van der Waals surface area contributed by atoms with Crippen LogP contribution in [0.25, 0.3) is 0 Å². The molecule has 0 radical (unpaired) electrons. The zero-order chi connectivity index (χ0) is 33.0. The van der Waals surface area contributed by atoms with Crippen molar-refractivity contribution in [2.75, 3.05) is 38.2 Å². The van der Waals surface area contributed by atoms with Crippen molar-refractivity contribution in [2.45, 2.75) is 0 Å². The van der Waals surface area contributed by atoms with E-state index in [4.69, 9.17) is 42.1 Å². The molecule has 0 saturated heterocycles. The van der Waals surface area contributed by atoms with Gasteiger partial charge in [-0.3, -0.25) is 24.0 Å². The van der Waals surface area contributed by atoms with Gasteiger partial charge in [0.25, 0.3) is 23.6 Å². The van der Waals surface area contributed by atoms with Gasteiger partial charge < -0.3 is 18.9 Å². The topological polar surface area (TPSA) is 129 Å². The molecule has 4 aromatic rings. The molecule has 0 fully saturated rings. The predicted octanol–water partition coefficient (Wildman–Crippen LogP) is 5.86. The maximum absolute atomic E-state index is 13.6. The molecule has 4 amide bonds. The van der Waals surface area contributed by atoms with E-state index >= 15 is 0 Å². The van der Waals surface area contributed by atoms with Crippen LogP contribution in [-0.2, 0) is 0 Å². The van der Waals surface area contributed by atoms with Gasteiger partial charge in [0, 0.05) is 35.4 Å². The average Bonchev–Trinajstić information content (AvgIpc) is 3.46. The second-order valence-corrected chi connectivity index (χ2v) is 10.9. The number of imide groups is 2. The number of nitrogens with zero attached hydrogens (tertiary/aromatic N) is 2. The first kappa shape index (κ1) is 30.6. The lowest BCUT2D eigenvalue weighted by Crippen LogP contribution is -2.29. The normalized spacial score (nSPS) is 13.6. The number of fused-ring (bicyclic) bond motifs is 2. The van der Waals surface area contributed by atoms with Crippen molar-refractivity contribution < 1.29 is 42.9 Å². The number of amides is 4. The third kappa shape index (κ3) is 4.63. The van der Waals surface area contributed by atoms with E-state index in [-0.39, 0.29) is 77.8 Å². The number of benzene rings is 4. The number of rotatable bonds is 8. The quantitative estimate of drug-likeness (QED) is 0.169. The number of halogens is 2. The first-order chi connectivity index (χ1) is 22.0. The van der Waals surface area contributed by atoms with Crippen LogP contribution < -0.4 is 28.7 Å². The van der Waals surface area contributed by atoms with Crippen molar-refractivity contribution in [2.24, 2.45) is 0 Å². The summed E-state index contributed by atoms with van der Waals surface area (Å²) >= 11 is 12.4. The van der Waals surface area contributed by atoms with Crippen LogP contribution in [0.5, 0.6) is 23.0 Å². The molecule has 0 bridgehead atoms. The van der Waals surface area contributed by atoms with Crippen molar-refractivity contribution >= 4 is 64.0 Å². The highest BCUT2D eigenvalue weighted by molar-refractivity contribution is 6.37. The number of methoxy groups -OCH3 is 4. The summed E-state index contributed by atoms with van der Waals surface area (Å²) in [7, 11) is 5.52. The lowest BCUT2D eigenvalue weighted by atomic mass is 9.96. The van der Waals surface area contributed by atoms with Gasteiger partial charge in [0.1, 0.15) is 23.0 Å². The minimum atomic E-state index is -0.685. The van der Waals surface area contributed by atoms with Crippen molar-refractivity contribution in [1.82, 2.24) is 0 Å². The van der Waals surface area contributed by atoms with Gasteiger partial charge in [0.2, 0.25) is 0 Å². The van der Waals surface area contributed by atoms with Crippen LogP contribution in [-0.4, -0.2) is 57.9 Å². The zero-order valence-corrected chi connectivity index (χ0v) is 26.1. The Morgan fingerprint density at radius 1 is 0.500 bits per heavy atom. The van der Waals surface area contributed by atoms with Crippen LogP contribution >= 0.6 is 23.2 Å². The first-order valence-electron chi connectivity index (χ1n) is 13.5. The number of anilines is 2. The van der Waals surface area contributed by atoms with Gasteiger partial charge in [-0.1, -0.05) is 35.3 Å². The van der Waals surface area contributed by atoms with E-state index in [9.17, 15) is 24.0 Å². The molecule has 0 atom stereocenters. The Bertz CT molecular complexity index is 1900. The molecule has 0 aromatic heterocycles. The summed E-state index contributed by atoms with van der Waals surface area (Å²) in [6.45, 7) is 0. The second-order valence-electron chi connectivity index (χ2n) is 10.1. The molecule has 2 aliphatic heterocycles. The Kier molecular flexibility index (Phi) is 7.67. The highest BCUT2D eigenvalue weighted by Crippen LogP contribution is 2.43. The van der Waals surface area contributed by atoms with Crippen molar-refractivity contribution in [3.05, 3.63) is 104 Å². The molecule has 232 valence electrons. The Hall–Kier alpha value is -5.39. The number of ether oxygens (including phenoxy) is 4. The third-order valence-electron chi connectivity index (χ3n) is 7.69. The second kappa shape index (κ2) is 11.5. The van der Waals surface area contributed by atoms with Gasteiger partial charge >= 0.3 is 0 Å². The fraction of sp³-hybridized carbons (Fsp3) is 0.121. The van der Waals surface area contributed by atoms with Gasteiger partial charge in [-0.2, -0.15) is 0 Å². The molecule has 0 spiro atoms. The first-order valence-corrected chi connectivity index (χ1v) is 14.2. The molecule has 11 nitrogen and oxygen atoms in total. The smallest absolute Gasteiger partial charge is 0.266 e. The minimum Gasteiger partial charge on any atom is -0.495 e. The van der Waals surface area contributed by atoms with E-state index in [0.29, 0.717) is 0 Å². The molecule has 0 N–H and O–H groups in total. The molecular formula is C33H22Cl2N2O9. The molecule has 0 aliphatic carbocycles. The number of hydrogen-bond donors (Lipinski definition) is 0. The lowest BCUT2D eigenvalue weighted by Gasteiger charge is -2.19. The number of ketones is 1. The largest absolute Gasteiger partial charge is 0.495 e. The van der Waals surface area contributed by atoms with E-state index in [0.717, 1.165) is 9.80 Å². The average molecular weight is 661 g/mol. The third-order valence-corrected chi connectivity index (χ3v) is 8.28. The summed E-state index contributed by atoms with van der Waals surface area (Å²) in [5.74, 6) is -2.39. The lowest BCUT2D eigenvalue weighted by molar-refractivity contribution is 0.0909. The van der Waals surface area contributed by atoms with E-state index < -0.39 is 29.4 Å². The number of hydrogen-bond acceptors (Lipinski definition) is 9. The maximum atomic E-state index is 13.6. The van der Waals surface area contributed by atoms with E-state index in [1.54, 1.807) is 0 Å². The Morgan fingerprint density at radius 3 is 1.20 bits per heavy atom.